The van der Waals surface area contributed by atoms with Crippen molar-refractivity contribution in [2.75, 3.05) is 11.4 Å². The number of carbonyl (C=O) groups excluding carboxylic acids is 1. The van der Waals surface area contributed by atoms with E-state index in [1.165, 1.54) is 24.1 Å². The second-order valence-corrected chi connectivity index (χ2v) is 6.53. The number of hydrogen-bond donors (Lipinski definition) is 0. The highest BCUT2D eigenvalue weighted by atomic mass is 32.1. The van der Waals surface area contributed by atoms with Gasteiger partial charge in [-0.25, -0.2) is 4.98 Å². The molecule has 20 heavy (non-hydrogen) atoms. The van der Waals surface area contributed by atoms with Gasteiger partial charge in [-0.15, -0.1) is 0 Å². The Morgan fingerprint density at radius 2 is 2.15 bits per heavy atom. The second-order valence-electron chi connectivity index (χ2n) is 5.52. The average Bonchev–Trinajstić information content (AvgIpc) is 3.26. The van der Waals surface area contributed by atoms with Crippen LogP contribution in [0.1, 0.15) is 46.1 Å². The number of aromatic nitrogens is 1. The van der Waals surface area contributed by atoms with Gasteiger partial charge < -0.3 is 4.90 Å². The minimum absolute atomic E-state index is 0.528. The summed E-state index contributed by atoms with van der Waals surface area (Å²) in [4.78, 5) is 19.1. The molecule has 4 rings (SSSR count). The zero-order chi connectivity index (χ0) is 13.5. The lowest BCUT2D eigenvalue weighted by atomic mass is 10.0. The van der Waals surface area contributed by atoms with E-state index in [9.17, 15) is 4.79 Å². The normalized spacial score (nSPS) is 17.9. The van der Waals surface area contributed by atoms with Gasteiger partial charge in [-0.05, 0) is 37.3 Å². The van der Waals surface area contributed by atoms with Crippen molar-refractivity contribution in [2.45, 2.75) is 31.6 Å². The number of aryl methyl sites for hydroxylation is 1. The number of para-hydroxylation sites is 1. The lowest BCUT2D eigenvalue weighted by Gasteiger charge is -2.28. The summed E-state index contributed by atoms with van der Waals surface area (Å²) < 4.78 is 0. The van der Waals surface area contributed by atoms with E-state index >= 15 is 0 Å². The Balaban J connectivity index is 1.76. The van der Waals surface area contributed by atoms with Crippen molar-refractivity contribution < 1.29 is 4.79 Å². The van der Waals surface area contributed by atoms with E-state index in [1.807, 2.05) is 0 Å². The topological polar surface area (TPSA) is 33.2 Å². The number of carbonyl (C=O) groups is 1. The lowest BCUT2D eigenvalue weighted by molar-refractivity contribution is 0.112. The molecule has 1 fully saturated rings. The quantitative estimate of drug-likeness (QED) is 0.801. The molecular formula is C16H16N2OS. The molecule has 0 bridgehead atoms. The molecule has 1 saturated carbocycles. The summed E-state index contributed by atoms with van der Waals surface area (Å²) in [6.45, 7) is 0.993. The van der Waals surface area contributed by atoms with E-state index in [1.54, 1.807) is 11.3 Å². The fraction of sp³-hybridized carbons (Fsp3) is 0.375. The first-order valence-electron chi connectivity index (χ1n) is 7.18. The molecule has 1 aliphatic carbocycles. The molecule has 0 amide bonds. The van der Waals surface area contributed by atoms with Crippen LogP contribution in [0.3, 0.4) is 0 Å². The lowest BCUT2D eigenvalue weighted by Crippen LogP contribution is -2.24. The Morgan fingerprint density at radius 1 is 1.30 bits per heavy atom. The maximum Gasteiger partial charge on any atom is 0.190 e. The van der Waals surface area contributed by atoms with E-state index in [2.05, 4.69) is 29.2 Å². The Kier molecular flexibility index (Phi) is 2.84. The monoisotopic (exact) mass is 284 g/mol. The van der Waals surface area contributed by atoms with Gasteiger partial charge in [-0.1, -0.05) is 29.5 Å². The number of nitrogens with zero attached hydrogens (tertiary/aromatic N) is 2. The maximum atomic E-state index is 11.3. The number of aldehydes is 1. The third-order valence-electron chi connectivity index (χ3n) is 4.08. The molecule has 0 unspecified atom stereocenters. The zero-order valence-corrected chi connectivity index (χ0v) is 12.0. The van der Waals surface area contributed by atoms with Gasteiger partial charge in [0, 0.05) is 18.2 Å². The number of rotatable bonds is 3. The van der Waals surface area contributed by atoms with Crippen LogP contribution >= 0.6 is 11.3 Å². The molecule has 2 aliphatic rings. The van der Waals surface area contributed by atoms with E-state index in [0.29, 0.717) is 5.92 Å². The summed E-state index contributed by atoms with van der Waals surface area (Å²) in [5.74, 6) is 0.528. The first-order chi connectivity index (χ1) is 9.86. The predicted molar refractivity (Wildman–Crippen MR) is 81.2 cm³/mol. The van der Waals surface area contributed by atoms with Gasteiger partial charge >= 0.3 is 0 Å². The minimum atomic E-state index is 0.528. The van der Waals surface area contributed by atoms with E-state index in [-0.39, 0.29) is 0 Å². The van der Waals surface area contributed by atoms with Crippen molar-refractivity contribution in [3.8, 4) is 0 Å². The summed E-state index contributed by atoms with van der Waals surface area (Å²) in [5, 5.41) is 0.987. The van der Waals surface area contributed by atoms with E-state index in [0.717, 1.165) is 41.4 Å². The van der Waals surface area contributed by atoms with Crippen molar-refractivity contribution in [2.24, 2.45) is 0 Å². The number of fused-ring (bicyclic) bond motifs is 1. The Morgan fingerprint density at radius 3 is 2.95 bits per heavy atom. The maximum absolute atomic E-state index is 11.3. The zero-order valence-electron chi connectivity index (χ0n) is 11.2. The van der Waals surface area contributed by atoms with Gasteiger partial charge in [0.1, 0.15) is 0 Å². The van der Waals surface area contributed by atoms with Gasteiger partial charge in [-0.3, -0.25) is 4.79 Å². The van der Waals surface area contributed by atoms with Crippen LogP contribution in [-0.4, -0.2) is 17.8 Å². The highest BCUT2D eigenvalue weighted by molar-refractivity contribution is 7.17. The van der Waals surface area contributed by atoms with Gasteiger partial charge in [-0.2, -0.15) is 0 Å². The molecule has 0 saturated heterocycles. The molecule has 1 aromatic heterocycles. The molecule has 0 spiro atoms. The van der Waals surface area contributed by atoms with E-state index < -0.39 is 0 Å². The number of anilines is 2. The largest absolute Gasteiger partial charge is 0.318 e. The molecule has 0 atom stereocenters. The number of hydrogen-bond acceptors (Lipinski definition) is 4. The fourth-order valence-corrected chi connectivity index (χ4v) is 3.92. The standard InChI is InChI=1S/C16H16N2OS/c19-10-14-15(12-7-8-12)17-16(20-14)18-9-3-5-11-4-1-2-6-13(11)18/h1-2,4,6,10,12H,3,5,7-9H2. The average molecular weight is 284 g/mol. The molecule has 4 heteroatoms. The first-order valence-corrected chi connectivity index (χ1v) is 8.00. The van der Waals surface area contributed by atoms with Crippen LogP contribution in [0.15, 0.2) is 24.3 Å². The van der Waals surface area contributed by atoms with Crippen molar-refractivity contribution in [1.82, 2.24) is 4.98 Å². The van der Waals surface area contributed by atoms with Gasteiger partial charge in [0.15, 0.2) is 11.4 Å². The molecular weight excluding hydrogens is 268 g/mol. The van der Waals surface area contributed by atoms with Crippen LogP contribution in [0.4, 0.5) is 10.8 Å². The highest BCUT2D eigenvalue weighted by Crippen LogP contribution is 2.45. The molecule has 3 nitrogen and oxygen atoms in total. The Hall–Kier alpha value is -1.68. The smallest absolute Gasteiger partial charge is 0.190 e. The van der Waals surface area contributed by atoms with Crippen LogP contribution < -0.4 is 4.90 Å². The van der Waals surface area contributed by atoms with Crippen molar-refractivity contribution in [1.29, 1.82) is 0 Å². The van der Waals surface area contributed by atoms with Gasteiger partial charge in [0.25, 0.3) is 0 Å². The minimum Gasteiger partial charge on any atom is -0.318 e. The second kappa shape index (κ2) is 4.70. The van der Waals surface area contributed by atoms with Crippen LogP contribution in [0, 0.1) is 0 Å². The van der Waals surface area contributed by atoms with Gasteiger partial charge in [0.05, 0.1) is 10.6 Å². The van der Waals surface area contributed by atoms with Crippen molar-refractivity contribution in [3.63, 3.8) is 0 Å². The summed E-state index contributed by atoms with van der Waals surface area (Å²) in [6, 6.07) is 8.52. The molecule has 1 aromatic carbocycles. The molecule has 0 radical (unpaired) electrons. The summed E-state index contributed by atoms with van der Waals surface area (Å²) >= 11 is 1.54. The van der Waals surface area contributed by atoms with Gasteiger partial charge in [0.2, 0.25) is 0 Å². The Labute approximate surface area is 122 Å². The molecule has 1 aliphatic heterocycles. The summed E-state index contributed by atoms with van der Waals surface area (Å²) in [7, 11) is 0. The van der Waals surface area contributed by atoms with Crippen LogP contribution in [0.5, 0.6) is 0 Å². The highest BCUT2D eigenvalue weighted by Gasteiger charge is 2.31. The van der Waals surface area contributed by atoms with Crippen molar-refractivity contribution in [3.05, 3.63) is 40.4 Å². The molecule has 2 heterocycles. The molecule has 2 aromatic rings. The SMILES string of the molecule is O=Cc1sc(N2CCCc3ccccc32)nc1C1CC1. The number of thiazole rings is 1. The molecule has 102 valence electrons. The van der Waals surface area contributed by atoms with Crippen LogP contribution in [0.25, 0.3) is 0 Å². The van der Waals surface area contributed by atoms with Crippen LogP contribution in [-0.2, 0) is 6.42 Å². The van der Waals surface area contributed by atoms with Crippen molar-refractivity contribution >= 4 is 28.4 Å². The fourth-order valence-electron chi connectivity index (χ4n) is 2.91. The summed E-state index contributed by atoms with van der Waals surface area (Å²) in [5.41, 5.74) is 3.67. The first kappa shape index (κ1) is 12.1. The third kappa shape index (κ3) is 1.95. The summed E-state index contributed by atoms with van der Waals surface area (Å²) in [6.07, 6.45) is 5.62. The Bertz CT molecular complexity index is 660. The molecule has 0 N–H and O–H groups in total. The third-order valence-corrected chi connectivity index (χ3v) is 5.10. The number of benzene rings is 1. The van der Waals surface area contributed by atoms with E-state index in [4.69, 9.17) is 4.98 Å². The predicted octanol–water partition coefficient (Wildman–Crippen LogP) is 3.92. The van der Waals surface area contributed by atoms with Crippen LogP contribution in [0.2, 0.25) is 0 Å².